The molecule has 0 aliphatic rings. The molecule has 2 unspecified atom stereocenters. The fourth-order valence-corrected chi connectivity index (χ4v) is 1.80. The minimum atomic E-state index is -2.17. The number of benzene rings is 1. The van der Waals surface area contributed by atoms with E-state index >= 15 is 0 Å². The molecule has 5 nitrogen and oxygen atoms in total. The minimum Gasteiger partial charge on any atom is -0.479 e. The van der Waals surface area contributed by atoms with Gasteiger partial charge in [0.15, 0.2) is 5.60 Å². The predicted molar refractivity (Wildman–Crippen MR) is 61.3 cm³/mol. The van der Waals surface area contributed by atoms with Gasteiger partial charge in [-0.05, 0) is 12.0 Å². The third-order valence-electron chi connectivity index (χ3n) is 2.80. The van der Waals surface area contributed by atoms with E-state index in [1.807, 2.05) is 0 Å². The van der Waals surface area contributed by atoms with E-state index in [9.17, 15) is 14.7 Å². The summed E-state index contributed by atoms with van der Waals surface area (Å²) in [5.41, 5.74) is 3.43. The zero-order valence-electron chi connectivity index (χ0n) is 9.46. The van der Waals surface area contributed by atoms with Crippen molar-refractivity contribution in [3.63, 3.8) is 0 Å². The summed E-state index contributed by atoms with van der Waals surface area (Å²) in [6.45, 7) is 1.49. The summed E-state index contributed by atoms with van der Waals surface area (Å²) in [6.07, 6.45) is -0.106. The number of aliphatic carboxylic acids is 1. The van der Waals surface area contributed by atoms with Gasteiger partial charge in [-0.25, -0.2) is 4.79 Å². The third kappa shape index (κ3) is 2.45. The van der Waals surface area contributed by atoms with Crippen molar-refractivity contribution in [2.24, 2.45) is 5.73 Å². The van der Waals surface area contributed by atoms with Crippen molar-refractivity contribution in [1.29, 1.82) is 0 Å². The van der Waals surface area contributed by atoms with Crippen LogP contribution in [0.25, 0.3) is 0 Å². The van der Waals surface area contributed by atoms with E-state index in [2.05, 4.69) is 0 Å². The lowest BCUT2D eigenvalue weighted by Gasteiger charge is -2.29. The molecule has 92 valence electrons. The Morgan fingerprint density at radius 3 is 2.24 bits per heavy atom. The summed E-state index contributed by atoms with van der Waals surface area (Å²) in [5, 5.41) is 19.1. The molecule has 0 heterocycles. The first-order valence-corrected chi connectivity index (χ1v) is 5.23. The number of carboxylic acid groups (broad SMARTS) is 1. The van der Waals surface area contributed by atoms with E-state index in [0.29, 0.717) is 5.56 Å². The molecule has 2 atom stereocenters. The fourth-order valence-electron chi connectivity index (χ4n) is 1.80. The van der Waals surface area contributed by atoms with Gasteiger partial charge < -0.3 is 15.9 Å². The van der Waals surface area contributed by atoms with Crippen LogP contribution in [0.3, 0.4) is 0 Å². The Hall–Kier alpha value is -1.88. The van der Waals surface area contributed by atoms with Crippen LogP contribution in [0.4, 0.5) is 0 Å². The summed E-state index contributed by atoms with van der Waals surface area (Å²) >= 11 is 0. The molecule has 0 aliphatic carbocycles. The van der Waals surface area contributed by atoms with Gasteiger partial charge in [-0.2, -0.15) is 0 Å². The highest BCUT2D eigenvalue weighted by Gasteiger charge is 2.46. The first kappa shape index (κ1) is 13.2. The van der Waals surface area contributed by atoms with Gasteiger partial charge in [-0.1, -0.05) is 37.3 Å². The molecular formula is C12H15NO4. The molecule has 5 heteroatoms. The van der Waals surface area contributed by atoms with Gasteiger partial charge in [0.05, 0.1) is 0 Å². The maximum absolute atomic E-state index is 11.4. The Morgan fingerprint density at radius 2 is 1.88 bits per heavy atom. The van der Waals surface area contributed by atoms with Crippen LogP contribution in [0.2, 0.25) is 0 Å². The quantitative estimate of drug-likeness (QED) is 0.693. The van der Waals surface area contributed by atoms with Gasteiger partial charge >= 0.3 is 5.97 Å². The average molecular weight is 237 g/mol. The SMILES string of the molecule is CCC(O)(C(=O)O)C(C(N)=O)c1ccccc1. The Balaban J connectivity index is 3.27. The first-order chi connectivity index (χ1) is 7.93. The van der Waals surface area contributed by atoms with Crippen LogP contribution in [0.15, 0.2) is 30.3 Å². The van der Waals surface area contributed by atoms with E-state index in [-0.39, 0.29) is 6.42 Å². The molecule has 1 rings (SSSR count). The van der Waals surface area contributed by atoms with E-state index < -0.39 is 23.4 Å². The molecule has 0 fully saturated rings. The number of carbonyl (C=O) groups excluding carboxylic acids is 1. The maximum atomic E-state index is 11.4. The number of primary amides is 1. The van der Waals surface area contributed by atoms with Crippen LogP contribution in [-0.2, 0) is 9.59 Å². The van der Waals surface area contributed by atoms with Crippen LogP contribution >= 0.6 is 0 Å². The standard InChI is InChI=1S/C12H15NO4/c1-2-12(17,11(15)16)9(10(13)14)8-6-4-3-5-7-8/h3-7,9,17H,2H2,1H3,(H2,13,14)(H,15,16). The normalized spacial score (nSPS) is 15.9. The van der Waals surface area contributed by atoms with Crippen LogP contribution in [0.5, 0.6) is 0 Å². The molecule has 0 aromatic heterocycles. The van der Waals surface area contributed by atoms with E-state index in [1.165, 1.54) is 6.92 Å². The predicted octanol–water partition coefficient (Wildman–Crippen LogP) is 0.481. The average Bonchev–Trinajstić information content (AvgIpc) is 2.29. The molecular weight excluding hydrogens is 222 g/mol. The minimum absolute atomic E-state index is 0.106. The van der Waals surface area contributed by atoms with Crippen molar-refractivity contribution in [2.75, 3.05) is 0 Å². The van der Waals surface area contributed by atoms with Crippen molar-refractivity contribution < 1.29 is 19.8 Å². The Morgan fingerprint density at radius 1 is 1.35 bits per heavy atom. The lowest BCUT2D eigenvalue weighted by atomic mass is 9.79. The van der Waals surface area contributed by atoms with Crippen molar-refractivity contribution in [2.45, 2.75) is 24.9 Å². The highest BCUT2D eigenvalue weighted by Crippen LogP contribution is 2.31. The van der Waals surface area contributed by atoms with Crippen molar-refractivity contribution in [3.05, 3.63) is 35.9 Å². The number of hydrogen-bond acceptors (Lipinski definition) is 3. The summed E-state index contributed by atoms with van der Waals surface area (Å²) in [6, 6.07) is 8.18. The van der Waals surface area contributed by atoms with Crippen LogP contribution in [0, 0.1) is 0 Å². The molecule has 0 spiro atoms. The number of carboxylic acids is 1. The molecule has 0 radical (unpaired) electrons. The number of amides is 1. The van der Waals surface area contributed by atoms with Crippen molar-refractivity contribution in [1.82, 2.24) is 0 Å². The zero-order valence-corrected chi connectivity index (χ0v) is 9.46. The number of aliphatic hydroxyl groups is 1. The number of nitrogens with two attached hydrogens (primary N) is 1. The van der Waals surface area contributed by atoms with Gasteiger partial charge in [-0.15, -0.1) is 0 Å². The smallest absolute Gasteiger partial charge is 0.336 e. The Labute approximate surface area is 98.9 Å². The fraction of sp³-hybridized carbons (Fsp3) is 0.333. The Kier molecular flexibility index (Phi) is 3.85. The van der Waals surface area contributed by atoms with Gasteiger partial charge in [0.25, 0.3) is 0 Å². The second-order valence-corrected chi connectivity index (χ2v) is 3.83. The summed E-state index contributed by atoms with van der Waals surface area (Å²) < 4.78 is 0. The molecule has 4 N–H and O–H groups in total. The molecule has 1 amide bonds. The molecule has 0 bridgehead atoms. The second kappa shape index (κ2) is 4.97. The maximum Gasteiger partial charge on any atom is 0.336 e. The van der Waals surface area contributed by atoms with E-state index in [1.54, 1.807) is 30.3 Å². The van der Waals surface area contributed by atoms with Gasteiger partial charge in [-0.3, -0.25) is 4.79 Å². The monoisotopic (exact) mass is 237 g/mol. The first-order valence-electron chi connectivity index (χ1n) is 5.23. The topological polar surface area (TPSA) is 101 Å². The van der Waals surface area contributed by atoms with Gasteiger partial charge in [0.2, 0.25) is 5.91 Å². The largest absolute Gasteiger partial charge is 0.479 e. The summed E-state index contributed by atoms with van der Waals surface area (Å²) in [7, 11) is 0. The summed E-state index contributed by atoms with van der Waals surface area (Å²) in [4.78, 5) is 22.5. The third-order valence-corrected chi connectivity index (χ3v) is 2.80. The summed E-state index contributed by atoms with van der Waals surface area (Å²) in [5.74, 6) is -3.57. The lowest BCUT2D eigenvalue weighted by Crippen LogP contribution is -2.49. The highest BCUT2D eigenvalue weighted by molar-refractivity contribution is 5.92. The molecule has 0 saturated carbocycles. The zero-order chi connectivity index (χ0) is 13.1. The number of hydrogen-bond donors (Lipinski definition) is 3. The van der Waals surface area contributed by atoms with E-state index in [0.717, 1.165) is 0 Å². The van der Waals surface area contributed by atoms with E-state index in [4.69, 9.17) is 10.8 Å². The van der Waals surface area contributed by atoms with Gasteiger partial charge in [0, 0.05) is 0 Å². The molecule has 1 aromatic rings. The van der Waals surface area contributed by atoms with Crippen LogP contribution in [0.1, 0.15) is 24.8 Å². The molecule has 1 aromatic carbocycles. The molecule has 0 saturated heterocycles. The Bertz CT molecular complexity index is 418. The molecule has 0 aliphatic heterocycles. The van der Waals surface area contributed by atoms with Crippen LogP contribution in [-0.4, -0.2) is 27.7 Å². The second-order valence-electron chi connectivity index (χ2n) is 3.83. The van der Waals surface area contributed by atoms with Gasteiger partial charge in [0.1, 0.15) is 5.92 Å². The molecule has 17 heavy (non-hydrogen) atoms. The highest BCUT2D eigenvalue weighted by atomic mass is 16.4. The van der Waals surface area contributed by atoms with Crippen molar-refractivity contribution in [3.8, 4) is 0 Å². The number of carbonyl (C=O) groups is 2. The van der Waals surface area contributed by atoms with Crippen molar-refractivity contribution >= 4 is 11.9 Å². The lowest BCUT2D eigenvalue weighted by molar-refractivity contribution is -0.164. The van der Waals surface area contributed by atoms with Crippen LogP contribution < -0.4 is 5.73 Å². The number of rotatable bonds is 5.